The first-order valence-electron chi connectivity index (χ1n) is 5.75. The number of anilines is 1. The van der Waals surface area contributed by atoms with Crippen molar-refractivity contribution in [3.8, 4) is 6.19 Å². The lowest BCUT2D eigenvalue weighted by molar-refractivity contribution is 0.248. The molecule has 0 aliphatic carbocycles. The highest BCUT2D eigenvalue weighted by atomic mass is 35.5. The Morgan fingerprint density at radius 2 is 2.26 bits per heavy atom. The molecule has 1 aliphatic rings. The van der Waals surface area contributed by atoms with Gasteiger partial charge in [-0.15, -0.1) is 0 Å². The predicted molar refractivity (Wildman–Crippen MR) is 74.2 cm³/mol. The van der Waals surface area contributed by atoms with Gasteiger partial charge in [0.1, 0.15) is 0 Å². The van der Waals surface area contributed by atoms with Crippen LogP contribution in [0.1, 0.15) is 6.42 Å². The van der Waals surface area contributed by atoms with E-state index < -0.39 is 0 Å². The molecule has 19 heavy (non-hydrogen) atoms. The number of urea groups is 1. The van der Waals surface area contributed by atoms with Crippen LogP contribution in [0.2, 0.25) is 10.0 Å². The third-order valence-corrected chi connectivity index (χ3v) is 3.39. The number of hydrogen-bond donors (Lipinski definition) is 2. The summed E-state index contributed by atoms with van der Waals surface area (Å²) in [5.74, 6) is 0. The van der Waals surface area contributed by atoms with Crippen LogP contribution >= 0.6 is 23.2 Å². The van der Waals surface area contributed by atoms with Gasteiger partial charge in [-0.25, -0.2) is 4.79 Å². The molecule has 1 aromatic carbocycles. The maximum absolute atomic E-state index is 11.8. The molecule has 1 fully saturated rings. The summed E-state index contributed by atoms with van der Waals surface area (Å²) in [7, 11) is 0. The van der Waals surface area contributed by atoms with Gasteiger partial charge in [0.2, 0.25) is 0 Å². The maximum Gasteiger partial charge on any atom is 0.319 e. The van der Waals surface area contributed by atoms with E-state index in [0.717, 1.165) is 6.42 Å². The molecule has 1 saturated heterocycles. The number of hydrogen-bond acceptors (Lipinski definition) is 3. The average molecular weight is 299 g/mol. The predicted octanol–water partition coefficient (Wildman–Crippen LogP) is 2.67. The number of nitrogens with one attached hydrogen (secondary N) is 2. The van der Waals surface area contributed by atoms with Crippen LogP contribution in [0.4, 0.5) is 10.5 Å². The largest absolute Gasteiger partial charge is 0.333 e. The Labute approximate surface area is 121 Å². The topological polar surface area (TPSA) is 68.2 Å². The molecule has 0 aromatic heterocycles. The second-order valence-electron chi connectivity index (χ2n) is 4.25. The van der Waals surface area contributed by atoms with Gasteiger partial charge in [-0.2, -0.15) is 5.26 Å². The van der Waals surface area contributed by atoms with E-state index in [0.29, 0.717) is 28.8 Å². The number of carbonyl (C=O) groups excluding carboxylic acids is 1. The van der Waals surface area contributed by atoms with Crippen LogP contribution in [-0.2, 0) is 0 Å². The van der Waals surface area contributed by atoms with Crippen molar-refractivity contribution in [2.45, 2.75) is 12.5 Å². The third kappa shape index (κ3) is 3.66. The standard InChI is InChI=1S/C12H12Cl2N4O/c13-8-1-2-11(10(14)5-8)17-12(19)16-9-3-4-18(6-9)7-15/h1-2,5,9H,3-4,6H2,(H2,16,17,19). The van der Waals surface area contributed by atoms with Gasteiger partial charge in [0.15, 0.2) is 6.19 Å². The van der Waals surface area contributed by atoms with E-state index in [9.17, 15) is 4.79 Å². The molecule has 1 unspecified atom stereocenters. The Kier molecular flexibility index (Phi) is 4.35. The zero-order chi connectivity index (χ0) is 13.8. The minimum atomic E-state index is -0.339. The van der Waals surface area contributed by atoms with E-state index in [-0.39, 0.29) is 12.1 Å². The smallest absolute Gasteiger partial charge is 0.319 e. The van der Waals surface area contributed by atoms with Crippen molar-refractivity contribution >= 4 is 34.9 Å². The fraction of sp³-hybridized carbons (Fsp3) is 0.333. The van der Waals surface area contributed by atoms with Gasteiger partial charge in [0, 0.05) is 18.1 Å². The summed E-state index contributed by atoms with van der Waals surface area (Å²) < 4.78 is 0. The molecule has 1 heterocycles. The van der Waals surface area contributed by atoms with E-state index in [1.165, 1.54) is 0 Å². The number of halogens is 2. The number of likely N-dealkylation sites (tertiary alicyclic amines) is 1. The Hall–Kier alpha value is -1.64. The van der Waals surface area contributed by atoms with Gasteiger partial charge in [-0.3, -0.25) is 0 Å². The Morgan fingerprint density at radius 3 is 2.89 bits per heavy atom. The lowest BCUT2D eigenvalue weighted by Gasteiger charge is -2.14. The molecule has 2 N–H and O–H groups in total. The number of amides is 2. The second kappa shape index (κ2) is 6.00. The Bertz CT molecular complexity index is 529. The summed E-state index contributed by atoms with van der Waals surface area (Å²) in [5.41, 5.74) is 0.499. The molecule has 0 radical (unpaired) electrons. The Balaban J connectivity index is 1.90. The molecule has 100 valence electrons. The highest BCUT2D eigenvalue weighted by Gasteiger charge is 2.23. The number of benzene rings is 1. The van der Waals surface area contributed by atoms with Crippen LogP contribution in [0.15, 0.2) is 18.2 Å². The van der Waals surface area contributed by atoms with Gasteiger partial charge in [-0.05, 0) is 24.6 Å². The van der Waals surface area contributed by atoms with Crippen molar-refractivity contribution in [3.05, 3.63) is 28.2 Å². The minimum Gasteiger partial charge on any atom is -0.333 e. The summed E-state index contributed by atoms with van der Waals surface area (Å²) in [5, 5.41) is 15.1. The molecule has 0 bridgehead atoms. The molecule has 1 aromatic rings. The molecular weight excluding hydrogens is 287 g/mol. The van der Waals surface area contributed by atoms with Crippen molar-refractivity contribution in [2.75, 3.05) is 18.4 Å². The number of carbonyl (C=O) groups is 1. The van der Waals surface area contributed by atoms with Crippen molar-refractivity contribution in [3.63, 3.8) is 0 Å². The first-order chi connectivity index (χ1) is 9.08. The van der Waals surface area contributed by atoms with E-state index in [1.807, 2.05) is 0 Å². The van der Waals surface area contributed by atoms with E-state index in [1.54, 1.807) is 23.1 Å². The number of rotatable bonds is 2. The molecular formula is C12H12Cl2N4O. The van der Waals surface area contributed by atoms with Gasteiger partial charge in [-0.1, -0.05) is 23.2 Å². The Morgan fingerprint density at radius 1 is 1.47 bits per heavy atom. The van der Waals surface area contributed by atoms with E-state index in [2.05, 4.69) is 16.8 Å². The van der Waals surface area contributed by atoms with Crippen molar-refractivity contribution in [1.82, 2.24) is 10.2 Å². The number of nitriles is 1. The van der Waals surface area contributed by atoms with Crippen LogP contribution in [0, 0.1) is 11.5 Å². The molecule has 1 atom stereocenters. The quantitative estimate of drug-likeness (QED) is 0.825. The highest BCUT2D eigenvalue weighted by Crippen LogP contribution is 2.25. The van der Waals surface area contributed by atoms with Crippen LogP contribution in [0.3, 0.4) is 0 Å². The molecule has 1 aliphatic heterocycles. The normalized spacial score (nSPS) is 17.9. The first-order valence-corrected chi connectivity index (χ1v) is 6.51. The van der Waals surface area contributed by atoms with Crippen LogP contribution in [-0.4, -0.2) is 30.1 Å². The second-order valence-corrected chi connectivity index (χ2v) is 5.10. The van der Waals surface area contributed by atoms with Gasteiger partial charge in [0.25, 0.3) is 0 Å². The monoisotopic (exact) mass is 298 g/mol. The third-order valence-electron chi connectivity index (χ3n) is 2.84. The van der Waals surface area contributed by atoms with Gasteiger partial charge in [0.05, 0.1) is 16.8 Å². The van der Waals surface area contributed by atoms with Crippen LogP contribution in [0.5, 0.6) is 0 Å². The molecule has 0 saturated carbocycles. The summed E-state index contributed by atoms with van der Waals surface area (Å²) in [6.07, 6.45) is 2.82. The SMILES string of the molecule is N#CN1CCC(NC(=O)Nc2ccc(Cl)cc2Cl)C1. The lowest BCUT2D eigenvalue weighted by atomic mass is 10.3. The summed E-state index contributed by atoms with van der Waals surface area (Å²) >= 11 is 11.7. The molecule has 0 spiro atoms. The molecule has 2 amide bonds. The zero-order valence-electron chi connectivity index (χ0n) is 9.99. The average Bonchev–Trinajstić information content (AvgIpc) is 2.80. The van der Waals surface area contributed by atoms with Crippen molar-refractivity contribution < 1.29 is 4.79 Å². The fourth-order valence-corrected chi connectivity index (χ4v) is 2.36. The van der Waals surface area contributed by atoms with Crippen molar-refractivity contribution in [1.29, 1.82) is 5.26 Å². The minimum absolute atomic E-state index is 0.0225. The van der Waals surface area contributed by atoms with E-state index in [4.69, 9.17) is 28.5 Å². The van der Waals surface area contributed by atoms with Crippen LogP contribution < -0.4 is 10.6 Å². The number of nitrogens with zero attached hydrogens (tertiary/aromatic N) is 2. The molecule has 2 rings (SSSR count). The summed E-state index contributed by atoms with van der Waals surface area (Å²) in [4.78, 5) is 13.4. The summed E-state index contributed by atoms with van der Waals surface area (Å²) in [6.45, 7) is 1.21. The highest BCUT2D eigenvalue weighted by molar-refractivity contribution is 6.36. The first kappa shape index (κ1) is 13.8. The van der Waals surface area contributed by atoms with Crippen LogP contribution in [0.25, 0.3) is 0 Å². The van der Waals surface area contributed by atoms with E-state index >= 15 is 0 Å². The zero-order valence-corrected chi connectivity index (χ0v) is 11.5. The van der Waals surface area contributed by atoms with Gasteiger partial charge >= 0.3 is 6.03 Å². The molecule has 7 heteroatoms. The van der Waals surface area contributed by atoms with Crippen molar-refractivity contribution in [2.24, 2.45) is 0 Å². The molecule has 5 nitrogen and oxygen atoms in total. The van der Waals surface area contributed by atoms with Gasteiger partial charge < -0.3 is 15.5 Å². The maximum atomic E-state index is 11.8. The summed E-state index contributed by atoms with van der Waals surface area (Å²) in [6, 6.07) is 4.49. The fourth-order valence-electron chi connectivity index (χ4n) is 1.90. The lowest BCUT2D eigenvalue weighted by Crippen LogP contribution is -2.39.